The summed E-state index contributed by atoms with van der Waals surface area (Å²) in [5.74, 6) is 1.43. The standard InChI is InChI=1S/C17H24N4OS/c1-11(2)20(4)17(22)13-5-7-21(8-6-13)15-14-9-12(3)23-16(14)19-10-18-15/h9-11,13H,5-8H2,1-4H3. The number of amides is 1. The van der Waals surface area contributed by atoms with Gasteiger partial charge in [0.25, 0.3) is 0 Å². The number of aryl methyl sites for hydroxylation is 1. The molecule has 0 saturated carbocycles. The Morgan fingerprint density at radius 2 is 2.04 bits per heavy atom. The molecule has 0 N–H and O–H groups in total. The van der Waals surface area contributed by atoms with Crippen LogP contribution in [0.4, 0.5) is 5.82 Å². The zero-order chi connectivity index (χ0) is 16.6. The van der Waals surface area contributed by atoms with Gasteiger partial charge < -0.3 is 9.80 Å². The highest BCUT2D eigenvalue weighted by atomic mass is 32.1. The van der Waals surface area contributed by atoms with Crippen molar-refractivity contribution in [1.82, 2.24) is 14.9 Å². The summed E-state index contributed by atoms with van der Waals surface area (Å²) in [4.78, 5) is 27.8. The number of anilines is 1. The van der Waals surface area contributed by atoms with E-state index in [9.17, 15) is 4.79 Å². The van der Waals surface area contributed by atoms with Gasteiger partial charge >= 0.3 is 0 Å². The van der Waals surface area contributed by atoms with Crippen LogP contribution in [0.15, 0.2) is 12.4 Å². The van der Waals surface area contributed by atoms with E-state index in [1.165, 1.54) is 4.88 Å². The first-order valence-corrected chi connectivity index (χ1v) is 9.01. The van der Waals surface area contributed by atoms with Gasteiger partial charge in [0.2, 0.25) is 5.91 Å². The molecule has 2 aromatic heterocycles. The third kappa shape index (κ3) is 3.17. The number of carbonyl (C=O) groups is 1. The van der Waals surface area contributed by atoms with Gasteiger partial charge in [-0.1, -0.05) is 0 Å². The molecule has 3 heterocycles. The van der Waals surface area contributed by atoms with Crippen molar-refractivity contribution in [2.75, 3.05) is 25.0 Å². The molecule has 1 saturated heterocycles. The van der Waals surface area contributed by atoms with E-state index in [4.69, 9.17) is 0 Å². The van der Waals surface area contributed by atoms with Crippen molar-refractivity contribution >= 4 is 33.3 Å². The van der Waals surface area contributed by atoms with Gasteiger partial charge in [0.15, 0.2) is 0 Å². The second kappa shape index (κ2) is 6.43. The van der Waals surface area contributed by atoms with Crippen LogP contribution in [0.1, 0.15) is 31.6 Å². The van der Waals surface area contributed by atoms with Gasteiger partial charge in [0.05, 0.1) is 5.39 Å². The monoisotopic (exact) mass is 332 g/mol. The number of fused-ring (bicyclic) bond motifs is 1. The Kier molecular flexibility index (Phi) is 4.53. The number of hydrogen-bond acceptors (Lipinski definition) is 5. The van der Waals surface area contributed by atoms with Crippen molar-refractivity contribution in [3.63, 3.8) is 0 Å². The van der Waals surface area contributed by atoms with Crippen LogP contribution < -0.4 is 4.90 Å². The van der Waals surface area contributed by atoms with Crippen molar-refractivity contribution in [3.05, 3.63) is 17.3 Å². The number of thiophene rings is 1. The lowest BCUT2D eigenvalue weighted by Gasteiger charge is -2.35. The Bertz CT molecular complexity index is 704. The second-order valence-electron chi connectivity index (χ2n) is 6.58. The summed E-state index contributed by atoms with van der Waals surface area (Å²) in [7, 11) is 1.90. The molecular weight excluding hydrogens is 308 g/mol. The molecule has 1 aliphatic heterocycles. The molecule has 0 spiro atoms. The summed E-state index contributed by atoms with van der Waals surface area (Å²) in [5.41, 5.74) is 0. The van der Waals surface area contributed by atoms with Gasteiger partial charge in [-0.25, -0.2) is 9.97 Å². The molecule has 5 nitrogen and oxygen atoms in total. The van der Waals surface area contributed by atoms with Gasteiger partial charge in [-0.3, -0.25) is 4.79 Å². The van der Waals surface area contributed by atoms with E-state index in [2.05, 4.69) is 41.7 Å². The molecule has 124 valence electrons. The van der Waals surface area contributed by atoms with Crippen LogP contribution in [0, 0.1) is 12.8 Å². The van der Waals surface area contributed by atoms with Gasteiger partial charge in [-0.2, -0.15) is 0 Å². The fourth-order valence-electron chi connectivity index (χ4n) is 3.10. The highest BCUT2D eigenvalue weighted by Gasteiger charge is 2.29. The molecule has 2 aromatic rings. The van der Waals surface area contributed by atoms with E-state index < -0.39 is 0 Å². The molecule has 1 aliphatic rings. The van der Waals surface area contributed by atoms with Crippen molar-refractivity contribution < 1.29 is 4.79 Å². The lowest BCUT2D eigenvalue weighted by atomic mass is 9.95. The first-order valence-electron chi connectivity index (χ1n) is 8.20. The fourth-order valence-corrected chi connectivity index (χ4v) is 3.94. The molecule has 3 rings (SSSR count). The van der Waals surface area contributed by atoms with Crippen LogP contribution in [0.3, 0.4) is 0 Å². The summed E-state index contributed by atoms with van der Waals surface area (Å²) in [5, 5.41) is 1.14. The van der Waals surface area contributed by atoms with Crippen molar-refractivity contribution in [3.8, 4) is 0 Å². The normalized spacial score (nSPS) is 16.3. The van der Waals surface area contributed by atoms with Crippen molar-refractivity contribution in [1.29, 1.82) is 0 Å². The molecule has 0 aliphatic carbocycles. The Morgan fingerprint density at radius 3 is 2.70 bits per heavy atom. The van der Waals surface area contributed by atoms with Crippen LogP contribution in [0.25, 0.3) is 10.2 Å². The predicted molar refractivity (Wildman–Crippen MR) is 95.0 cm³/mol. The van der Waals surface area contributed by atoms with E-state index in [1.54, 1.807) is 17.7 Å². The Morgan fingerprint density at radius 1 is 1.35 bits per heavy atom. The van der Waals surface area contributed by atoms with E-state index in [-0.39, 0.29) is 17.9 Å². The highest BCUT2D eigenvalue weighted by Crippen LogP contribution is 2.32. The van der Waals surface area contributed by atoms with E-state index in [0.29, 0.717) is 0 Å². The number of hydrogen-bond donors (Lipinski definition) is 0. The maximum atomic E-state index is 12.5. The van der Waals surface area contributed by atoms with Crippen LogP contribution in [-0.4, -0.2) is 47.0 Å². The van der Waals surface area contributed by atoms with Crippen LogP contribution >= 0.6 is 11.3 Å². The van der Waals surface area contributed by atoms with Gasteiger partial charge in [0, 0.05) is 37.0 Å². The summed E-state index contributed by atoms with van der Waals surface area (Å²) in [6.45, 7) is 7.97. The third-order valence-electron chi connectivity index (χ3n) is 4.70. The first-order chi connectivity index (χ1) is 11.0. The maximum absolute atomic E-state index is 12.5. The zero-order valence-electron chi connectivity index (χ0n) is 14.2. The molecule has 0 unspecified atom stereocenters. The summed E-state index contributed by atoms with van der Waals surface area (Å²) >= 11 is 1.70. The Balaban J connectivity index is 1.72. The lowest BCUT2D eigenvalue weighted by molar-refractivity contribution is -0.136. The largest absolute Gasteiger partial charge is 0.356 e. The predicted octanol–water partition coefficient (Wildman–Crippen LogP) is 3.08. The summed E-state index contributed by atoms with van der Waals surface area (Å²) in [6, 6.07) is 2.43. The maximum Gasteiger partial charge on any atom is 0.225 e. The molecule has 0 aromatic carbocycles. The number of nitrogens with zero attached hydrogens (tertiary/aromatic N) is 4. The Hall–Kier alpha value is -1.69. The SMILES string of the molecule is Cc1cc2c(N3CCC(C(=O)N(C)C(C)C)CC3)ncnc2s1. The average Bonchev–Trinajstić information content (AvgIpc) is 2.93. The average molecular weight is 332 g/mol. The first kappa shape index (κ1) is 16.2. The van der Waals surface area contributed by atoms with Crippen LogP contribution in [0.2, 0.25) is 0 Å². The summed E-state index contributed by atoms with van der Waals surface area (Å²) in [6.07, 6.45) is 3.44. The van der Waals surface area contributed by atoms with E-state index in [1.807, 2.05) is 11.9 Å². The van der Waals surface area contributed by atoms with Crippen LogP contribution in [-0.2, 0) is 4.79 Å². The molecule has 0 atom stereocenters. The number of rotatable bonds is 3. The molecule has 23 heavy (non-hydrogen) atoms. The Labute approximate surface area is 141 Å². The summed E-state index contributed by atoms with van der Waals surface area (Å²) < 4.78 is 0. The minimum absolute atomic E-state index is 0.139. The number of piperidine rings is 1. The molecule has 0 radical (unpaired) electrons. The second-order valence-corrected chi connectivity index (χ2v) is 7.81. The lowest BCUT2D eigenvalue weighted by Crippen LogP contribution is -2.43. The van der Waals surface area contributed by atoms with Gasteiger partial charge in [0.1, 0.15) is 17.0 Å². The quantitative estimate of drug-likeness (QED) is 0.867. The topological polar surface area (TPSA) is 49.3 Å². The third-order valence-corrected chi connectivity index (χ3v) is 5.66. The molecule has 6 heteroatoms. The van der Waals surface area contributed by atoms with Gasteiger partial charge in [-0.15, -0.1) is 11.3 Å². The van der Waals surface area contributed by atoms with Gasteiger partial charge in [-0.05, 0) is 39.7 Å². The smallest absolute Gasteiger partial charge is 0.225 e. The van der Waals surface area contributed by atoms with Crippen molar-refractivity contribution in [2.45, 2.75) is 39.7 Å². The molecule has 1 fully saturated rings. The van der Waals surface area contributed by atoms with E-state index >= 15 is 0 Å². The molecular formula is C17H24N4OS. The molecule has 0 bridgehead atoms. The van der Waals surface area contributed by atoms with E-state index in [0.717, 1.165) is 42.0 Å². The van der Waals surface area contributed by atoms with Crippen LogP contribution in [0.5, 0.6) is 0 Å². The van der Waals surface area contributed by atoms with Crippen molar-refractivity contribution in [2.24, 2.45) is 5.92 Å². The fraction of sp³-hybridized carbons (Fsp3) is 0.588. The number of aromatic nitrogens is 2. The number of carbonyl (C=O) groups excluding carboxylic acids is 1. The minimum atomic E-state index is 0.139. The highest BCUT2D eigenvalue weighted by molar-refractivity contribution is 7.18. The minimum Gasteiger partial charge on any atom is -0.356 e. The molecule has 1 amide bonds. The zero-order valence-corrected chi connectivity index (χ0v) is 15.1.